The maximum absolute atomic E-state index is 4.10. The fraction of sp³-hybridized carbons (Fsp3) is 0.184. The maximum Gasteiger partial charge on any atom is 0.146 e. The van der Waals surface area contributed by atoms with Gasteiger partial charge in [0.05, 0.1) is 0 Å². The van der Waals surface area contributed by atoms with Crippen molar-refractivity contribution in [3.63, 3.8) is 0 Å². The fourth-order valence-electron chi connectivity index (χ4n) is 8.74. The van der Waals surface area contributed by atoms with E-state index < -0.39 is 8.07 Å². The first-order valence-corrected chi connectivity index (χ1v) is 20.3. The zero-order chi connectivity index (χ0) is 34.6. The Labute approximate surface area is 297 Å². The van der Waals surface area contributed by atoms with Gasteiger partial charge in [0.25, 0.3) is 0 Å². The van der Waals surface area contributed by atoms with E-state index in [1.807, 2.05) is 0 Å². The van der Waals surface area contributed by atoms with Gasteiger partial charge in [-0.15, -0.1) is 5.54 Å². The SMILES string of the molecule is CC(C)[Si](C#Cc1c2cc3ccccc3cc2c(C#Cc2c3ccccc3cc3ccccc23)c2cc3ccccc3cc12)(C(C)C)C(C)C. The van der Waals surface area contributed by atoms with Crippen LogP contribution in [0.5, 0.6) is 0 Å². The van der Waals surface area contributed by atoms with Crippen LogP contribution in [0, 0.1) is 23.3 Å². The molecule has 0 unspecified atom stereocenters. The lowest BCUT2D eigenvalue weighted by Gasteiger charge is -2.38. The predicted molar refractivity (Wildman–Crippen MR) is 222 cm³/mol. The minimum Gasteiger partial charge on any atom is -0.125 e. The molecule has 0 fully saturated rings. The number of fused-ring (bicyclic) bond motifs is 6. The molecule has 0 N–H and O–H groups in total. The molecule has 0 amide bonds. The van der Waals surface area contributed by atoms with Crippen LogP contribution in [0.15, 0.2) is 127 Å². The summed E-state index contributed by atoms with van der Waals surface area (Å²) in [5.74, 6) is 11.6. The summed E-state index contributed by atoms with van der Waals surface area (Å²) in [6, 6.07) is 46.4. The average Bonchev–Trinajstić information content (AvgIpc) is 3.12. The average molecular weight is 659 g/mol. The van der Waals surface area contributed by atoms with Crippen molar-refractivity contribution in [1.82, 2.24) is 0 Å². The molecule has 8 aromatic rings. The molecule has 8 aromatic carbocycles. The quantitative estimate of drug-likeness (QED) is 0.101. The molecule has 0 radical (unpaired) electrons. The highest BCUT2D eigenvalue weighted by Crippen LogP contribution is 2.42. The van der Waals surface area contributed by atoms with Crippen molar-refractivity contribution in [3.05, 3.63) is 144 Å². The van der Waals surface area contributed by atoms with Gasteiger partial charge in [0.1, 0.15) is 8.07 Å². The van der Waals surface area contributed by atoms with Crippen LogP contribution < -0.4 is 0 Å². The molecule has 1 heteroatoms. The Morgan fingerprint density at radius 3 is 1.00 bits per heavy atom. The highest BCUT2D eigenvalue weighted by atomic mass is 28.3. The number of rotatable bonds is 3. The molecule has 0 spiro atoms. The second-order valence-corrected chi connectivity index (χ2v) is 20.4. The normalized spacial score (nSPS) is 12.0. The van der Waals surface area contributed by atoms with E-state index in [9.17, 15) is 0 Å². The summed E-state index contributed by atoms with van der Waals surface area (Å²) in [5, 5.41) is 14.4. The fourth-order valence-corrected chi connectivity index (χ4v) is 14.0. The minimum atomic E-state index is -2.01. The van der Waals surface area contributed by atoms with Crippen LogP contribution >= 0.6 is 0 Å². The van der Waals surface area contributed by atoms with Gasteiger partial charge in [-0.3, -0.25) is 0 Å². The first kappa shape index (κ1) is 31.9. The van der Waals surface area contributed by atoms with E-state index in [0.29, 0.717) is 16.6 Å². The van der Waals surface area contributed by atoms with Gasteiger partial charge < -0.3 is 0 Å². The summed E-state index contributed by atoms with van der Waals surface area (Å²) in [6.45, 7) is 14.4. The molecule has 0 aliphatic rings. The third-order valence-corrected chi connectivity index (χ3v) is 17.5. The molecule has 0 saturated heterocycles. The molecule has 8 rings (SSSR count). The monoisotopic (exact) mass is 658 g/mol. The summed E-state index contributed by atoms with van der Waals surface area (Å²) in [7, 11) is -2.01. The van der Waals surface area contributed by atoms with Gasteiger partial charge in [0, 0.05) is 16.7 Å². The Morgan fingerprint density at radius 2 is 0.640 bits per heavy atom. The van der Waals surface area contributed by atoms with Crippen LogP contribution in [0.2, 0.25) is 16.6 Å². The van der Waals surface area contributed by atoms with Crippen molar-refractivity contribution in [1.29, 1.82) is 0 Å². The molecule has 0 nitrogen and oxygen atoms in total. The van der Waals surface area contributed by atoms with E-state index in [1.54, 1.807) is 0 Å². The summed E-state index contributed by atoms with van der Waals surface area (Å²) in [4.78, 5) is 0. The van der Waals surface area contributed by atoms with Crippen molar-refractivity contribution in [2.75, 3.05) is 0 Å². The molecular weight excluding hydrogens is 617 g/mol. The predicted octanol–water partition coefficient (Wildman–Crippen LogP) is 13.6. The maximum atomic E-state index is 4.10. The van der Waals surface area contributed by atoms with Crippen molar-refractivity contribution in [3.8, 4) is 23.3 Å². The molecule has 242 valence electrons. The van der Waals surface area contributed by atoms with Crippen LogP contribution in [-0.2, 0) is 0 Å². The smallest absolute Gasteiger partial charge is 0.125 e. The van der Waals surface area contributed by atoms with Crippen molar-refractivity contribution in [2.45, 2.75) is 58.2 Å². The molecule has 0 aliphatic carbocycles. The van der Waals surface area contributed by atoms with E-state index in [4.69, 9.17) is 0 Å². The highest BCUT2D eigenvalue weighted by molar-refractivity contribution is 6.90. The van der Waals surface area contributed by atoms with Gasteiger partial charge in [0.15, 0.2) is 0 Å². The number of benzene rings is 8. The van der Waals surface area contributed by atoms with Crippen molar-refractivity contribution in [2.24, 2.45) is 0 Å². The molecule has 0 atom stereocenters. The van der Waals surface area contributed by atoms with Gasteiger partial charge in [-0.2, -0.15) is 0 Å². The first-order valence-electron chi connectivity index (χ1n) is 18.0. The molecule has 0 heterocycles. The van der Waals surface area contributed by atoms with Crippen LogP contribution in [0.25, 0.3) is 64.6 Å². The summed E-state index contributed by atoms with van der Waals surface area (Å²) in [5.41, 5.74) is 9.02. The number of hydrogen-bond acceptors (Lipinski definition) is 0. The minimum absolute atomic E-state index is 0.551. The Balaban J connectivity index is 1.54. The topological polar surface area (TPSA) is 0 Å². The molecule has 0 saturated carbocycles. The Kier molecular flexibility index (Phi) is 7.99. The van der Waals surface area contributed by atoms with Gasteiger partial charge in [-0.05, 0) is 112 Å². The summed E-state index contributed by atoms with van der Waals surface area (Å²) in [6.07, 6.45) is 0. The second-order valence-electron chi connectivity index (χ2n) is 14.8. The zero-order valence-corrected chi connectivity index (χ0v) is 30.9. The molecule has 0 aromatic heterocycles. The molecular formula is C49H42Si. The second kappa shape index (κ2) is 12.5. The van der Waals surface area contributed by atoms with Gasteiger partial charge in [0.2, 0.25) is 0 Å². The van der Waals surface area contributed by atoms with Crippen LogP contribution in [-0.4, -0.2) is 8.07 Å². The van der Waals surface area contributed by atoms with Crippen LogP contribution in [0.3, 0.4) is 0 Å². The van der Waals surface area contributed by atoms with E-state index >= 15 is 0 Å². The lowest BCUT2D eigenvalue weighted by atomic mass is 9.88. The molecule has 50 heavy (non-hydrogen) atoms. The van der Waals surface area contributed by atoms with E-state index in [2.05, 4.69) is 192 Å². The zero-order valence-electron chi connectivity index (χ0n) is 29.9. The van der Waals surface area contributed by atoms with Crippen LogP contribution in [0.4, 0.5) is 0 Å². The number of hydrogen-bond donors (Lipinski definition) is 0. The molecule has 0 aliphatic heterocycles. The van der Waals surface area contributed by atoms with Gasteiger partial charge in [-0.1, -0.05) is 156 Å². The Bertz CT molecular complexity index is 2580. The first-order chi connectivity index (χ1) is 24.3. The standard InChI is InChI=1S/C49H42Si/c1-32(2)50(33(3)4,34(5)6)26-25-45-48-30-37-17-9-7-15-35(37)28-46(48)44(47-29-36-16-8-10-18-38(36)31-49(45)47)24-23-43-41-21-13-11-19-39(41)27-40-20-12-14-22-42(40)43/h7-22,27-34H,1-6H3. The molecule has 0 bridgehead atoms. The summed E-state index contributed by atoms with van der Waals surface area (Å²) < 4.78 is 0. The van der Waals surface area contributed by atoms with E-state index in [0.717, 1.165) is 16.7 Å². The van der Waals surface area contributed by atoms with Crippen LogP contribution in [0.1, 0.15) is 58.2 Å². The van der Waals surface area contributed by atoms with Gasteiger partial charge >= 0.3 is 0 Å². The Morgan fingerprint density at radius 1 is 0.340 bits per heavy atom. The largest absolute Gasteiger partial charge is 0.146 e. The van der Waals surface area contributed by atoms with Gasteiger partial charge in [-0.25, -0.2) is 0 Å². The van der Waals surface area contributed by atoms with Crippen molar-refractivity contribution < 1.29 is 0 Å². The lowest BCUT2D eigenvalue weighted by Crippen LogP contribution is -2.43. The third-order valence-electron chi connectivity index (χ3n) is 11.2. The van der Waals surface area contributed by atoms with E-state index in [1.165, 1.54) is 64.6 Å². The highest BCUT2D eigenvalue weighted by Gasteiger charge is 2.41. The Hall–Kier alpha value is -5.34. The van der Waals surface area contributed by atoms with E-state index in [-0.39, 0.29) is 0 Å². The third kappa shape index (κ3) is 5.17. The van der Waals surface area contributed by atoms with Crippen molar-refractivity contribution >= 4 is 72.7 Å². The lowest BCUT2D eigenvalue weighted by molar-refractivity contribution is 0.838. The summed E-state index contributed by atoms with van der Waals surface area (Å²) >= 11 is 0.